The van der Waals surface area contributed by atoms with Crippen LogP contribution in [-0.2, 0) is 0 Å². The Kier molecular flexibility index (Phi) is 6.63. The summed E-state index contributed by atoms with van der Waals surface area (Å²) >= 11 is 3.76. The Morgan fingerprint density at radius 3 is 1.75 bits per heavy atom. The highest BCUT2D eigenvalue weighted by molar-refractivity contribution is 7.27. The molecule has 0 bridgehead atoms. The second-order valence-corrected chi connectivity index (χ2v) is 15.5. The quantitative estimate of drug-likeness (QED) is 0.174. The maximum atomic E-state index is 2.44. The minimum absolute atomic E-state index is 1.13. The number of rotatable bonds is 5. The number of benzene rings is 8. The van der Waals surface area contributed by atoms with Crippen molar-refractivity contribution in [1.29, 1.82) is 0 Å². The van der Waals surface area contributed by atoms with Crippen LogP contribution in [0.25, 0.3) is 79.0 Å². The van der Waals surface area contributed by atoms with Crippen molar-refractivity contribution in [1.82, 2.24) is 4.57 Å². The summed E-state index contributed by atoms with van der Waals surface area (Å²) in [5, 5.41) is 7.87. The lowest BCUT2D eigenvalue weighted by molar-refractivity contribution is 1.18. The largest absolute Gasteiger partial charge is 0.310 e. The molecule has 3 heterocycles. The highest BCUT2D eigenvalue weighted by Crippen LogP contribution is 2.45. The van der Waals surface area contributed by atoms with Crippen LogP contribution in [0.5, 0.6) is 0 Å². The van der Waals surface area contributed by atoms with Crippen LogP contribution in [0.2, 0.25) is 0 Å². The molecule has 0 aliphatic heterocycles. The monoisotopic (exact) mass is 698 g/mol. The summed E-state index contributed by atoms with van der Waals surface area (Å²) in [5.74, 6) is 0. The molecule has 0 saturated carbocycles. The van der Waals surface area contributed by atoms with E-state index in [9.17, 15) is 0 Å². The molecule has 0 spiro atoms. The van der Waals surface area contributed by atoms with Crippen LogP contribution in [0.15, 0.2) is 182 Å². The highest BCUT2D eigenvalue weighted by atomic mass is 32.1. The first-order valence-electron chi connectivity index (χ1n) is 17.6. The van der Waals surface area contributed by atoms with Crippen molar-refractivity contribution in [3.8, 4) is 16.8 Å². The molecule has 0 amide bonds. The van der Waals surface area contributed by atoms with E-state index in [4.69, 9.17) is 0 Å². The zero-order chi connectivity index (χ0) is 34.2. The summed E-state index contributed by atoms with van der Waals surface area (Å²) in [5.41, 5.74) is 9.42. The smallest absolute Gasteiger partial charge is 0.0555 e. The summed E-state index contributed by atoms with van der Waals surface area (Å²) in [6.45, 7) is 0. The maximum absolute atomic E-state index is 2.44. The zero-order valence-corrected chi connectivity index (χ0v) is 29.7. The second-order valence-electron chi connectivity index (χ2n) is 13.3. The van der Waals surface area contributed by atoms with Crippen LogP contribution in [0.3, 0.4) is 0 Å². The fourth-order valence-electron chi connectivity index (χ4n) is 8.00. The van der Waals surface area contributed by atoms with Crippen molar-refractivity contribution in [3.05, 3.63) is 182 Å². The van der Waals surface area contributed by atoms with Gasteiger partial charge in [-0.05, 0) is 90.0 Å². The molecule has 11 aromatic rings. The van der Waals surface area contributed by atoms with Gasteiger partial charge in [0.25, 0.3) is 0 Å². The fourth-order valence-corrected chi connectivity index (χ4v) is 10.3. The van der Waals surface area contributed by atoms with Crippen molar-refractivity contribution in [2.24, 2.45) is 0 Å². The molecule has 0 unspecified atom stereocenters. The topological polar surface area (TPSA) is 8.17 Å². The molecule has 0 aliphatic rings. The van der Waals surface area contributed by atoms with E-state index in [2.05, 4.69) is 191 Å². The third-order valence-electron chi connectivity index (χ3n) is 10.4. The Labute approximate surface area is 308 Å². The van der Waals surface area contributed by atoms with E-state index in [1.807, 2.05) is 22.7 Å². The van der Waals surface area contributed by atoms with Gasteiger partial charge in [-0.25, -0.2) is 0 Å². The van der Waals surface area contributed by atoms with Crippen molar-refractivity contribution < 1.29 is 0 Å². The van der Waals surface area contributed by atoms with E-state index in [-0.39, 0.29) is 0 Å². The normalized spacial score (nSPS) is 11.8. The molecule has 0 saturated heterocycles. The van der Waals surface area contributed by atoms with Crippen LogP contribution in [-0.4, -0.2) is 4.57 Å². The van der Waals surface area contributed by atoms with Gasteiger partial charge in [0, 0.05) is 73.9 Å². The van der Waals surface area contributed by atoms with E-state index in [0.29, 0.717) is 0 Å². The van der Waals surface area contributed by atoms with E-state index < -0.39 is 0 Å². The van der Waals surface area contributed by atoms with Gasteiger partial charge in [0.05, 0.1) is 11.0 Å². The maximum Gasteiger partial charge on any atom is 0.0555 e. The van der Waals surface area contributed by atoms with E-state index in [0.717, 1.165) is 17.1 Å². The summed E-state index contributed by atoms with van der Waals surface area (Å²) in [7, 11) is 0. The number of fused-ring (bicyclic) bond motifs is 10. The fraction of sp³-hybridized carbons (Fsp3) is 0. The third kappa shape index (κ3) is 4.55. The highest BCUT2D eigenvalue weighted by Gasteiger charge is 2.19. The molecule has 244 valence electrons. The first-order valence-corrected chi connectivity index (χ1v) is 19.2. The average Bonchev–Trinajstić information content (AvgIpc) is 3.88. The summed E-state index contributed by atoms with van der Waals surface area (Å²) in [6.07, 6.45) is 0. The van der Waals surface area contributed by atoms with Crippen LogP contribution >= 0.6 is 22.7 Å². The number of para-hydroxylation sites is 2. The minimum atomic E-state index is 1.13. The molecule has 11 rings (SSSR count). The SMILES string of the molecule is c1ccc(N(c2ccc(-c3ccc4c5c6sc7ccccc7c6ccc5n(-c5ccccc5)c4c3)cc2)c2ccc3sc4ccccc4c3c2)cc1. The first kappa shape index (κ1) is 29.5. The van der Waals surface area contributed by atoms with E-state index >= 15 is 0 Å². The van der Waals surface area contributed by atoms with Crippen LogP contribution in [0, 0.1) is 0 Å². The number of aromatic nitrogens is 1. The van der Waals surface area contributed by atoms with Gasteiger partial charge in [-0.1, -0.05) is 103 Å². The summed E-state index contributed by atoms with van der Waals surface area (Å²) in [4.78, 5) is 2.36. The lowest BCUT2D eigenvalue weighted by atomic mass is 10.0. The van der Waals surface area contributed by atoms with Crippen LogP contribution in [0.1, 0.15) is 0 Å². The summed E-state index contributed by atoms with van der Waals surface area (Å²) < 4.78 is 7.75. The van der Waals surface area contributed by atoms with Gasteiger partial charge >= 0.3 is 0 Å². The van der Waals surface area contributed by atoms with Crippen molar-refractivity contribution in [2.75, 3.05) is 4.90 Å². The van der Waals surface area contributed by atoms with Gasteiger partial charge in [0.1, 0.15) is 0 Å². The van der Waals surface area contributed by atoms with Gasteiger partial charge in [-0.2, -0.15) is 0 Å². The molecule has 8 aromatic carbocycles. The lowest BCUT2D eigenvalue weighted by Crippen LogP contribution is -2.09. The number of thiophene rings is 2. The Bertz CT molecular complexity index is 3110. The predicted molar refractivity (Wildman–Crippen MR) is 227 cm³/mol. The zero-order valence-electron chi connectivity index (χ0n) is 28.0. The number of nitrogens with zero attached hydrogens (tertiary/aromatic N) is 2. The van der Waals surface area contributed by atoms with Gasteiger partial charge in [-0.15, -0.1) is 22.7 Å². The van der Waals surface area contributed by atoms with Crippen molar-refractivity contribution in [2.45, 2.75) is 0 Å². The van der Waals surface area contributed by atoms with Gasteiger partial charge in [0.15, 0.2) is 0 Å². The number of hydrogen-bond acceptors (Lipinski definition) is 3. The molecular formula is C48H30N2S2. The molecule has 0 atom stereocenters. The average molecular weight is 699 g/mol. The van der Waals surface area contributed by atoms with Gasteiger partial charge < -0.3 is 9.47 Å². The van der Waals surface area contributed by atoms with Gasteiger partial charge in [-0.3, -0.25) is 0 Å². The van der Waals surface area contributed by atoms with E-state index in [1.165, 1.54) is 79.0 Å². The number of hydrogen-bond donors (Lipinski definition) is 0. The molecule has 3 aromatic heterocycles. The second kappa shape index (κ2) is 11.7. The Morgan fingerprint density at radius 2 is 0.962 bits per heavy atom. The molecule has 2 nitrogen and oxygen atoms in total. The molecule has 52 heavy (non-hydrogen) atoms. The lowest BCUT2D eigenvalue weighted by Gasteiger charge is -2.26. The molecule has 0 N–H and O–H groups in total. The predicted octanol–water partition coefficient (Wildman–Crippen LogP) is 14.7. The van der Waals surface area contributed by atoms with Gasteiger partial charge in [0.2, 0.25) is 0 Å². The first-order chi connectivity index (χ1) is 25.8. The van der Waals surface area contributed by atoms with Crippen molar-refractivity contribution in [3.63, 3.8) is 0 Å². The van der Waals surface area contributed by atoms with E-state index in [1.54, 1.807) is 0 Å². The van der Waals surface area contributed by atoms with Crippen molar-refractivity contribution >= 4 is 102 Å². The molecule has 0 radical (unpaired) electrons. The molecule has 0 fully saturated rings. The van der Waals surface area contributed by atoms with Crippen LogP contribution in [0.4, 0.5) is 17.1 Å². The standard InChI is InChI=1S/C48H30N2S2/c1-3-11-33(12-4-1)49(36-24-28-46-41(30-36)38-16-8-9-17-44(38)51-46)35-22-19-31(20-23-35)32-21-25-40-43(29-32)50(34-13-5-2-6-14-34)42-27-26-39-37-15-7-10-18-45(37)52-48(39)47(40)42/h1-30H. The Hall–Kier alpha value is -6.20. The number of anilines is 3. The molecule has 4 heteroatoms. The molecular weight excluding hydrogens is 669 g/mol. The third-order valence-corrected chi connectivity index (χ3v) is 12.7. The van der Waals surface area contributed by atoms with Crippen LogP contribution < -0.4 is 4.90 Å². The Morgan fingerprint density at radius 1 is 0.365 bits per heavy atom. The minimum Gasteiger partial charge on any atom is -0.310 e. The summed E-state index contributed by atoms with van der Waals surface area (Å²) in [6, 6.07) is 66.5. The Balaban J connectivity index is 1.06. The molecule has 0 aliphatic carbocycles.